The highest BCUT2D eigenvalue weighted by atomic mass is 16.3. The van der Waals surface area contributed by atoms with E-state index in [1.54, 1.807) is 16.7 Å². The van der Waals surface area contributed by atoms with Gasteiger partial charge in [-0.25, -0.2) is 0 Å². The number of hydrogen-bond acceptors (Lipinski definition) is 1. The van der Waals surface area contributed by atoms with E-state index >= 15 is 0 Å². The molecule has 1 heteroatoms. The van der Waals surface area contributed by atoms with E-state index in [4.69, 9.17) is 0 Å². The third-order valence-electron chi connectivity index (χ3n) is 7.67. The van der Waals surface area contributed by atoms with Crippen LogP contribution in [0.15, 0.2) is 12.1 Å². The van der Waals surface area contributed by atoms with Gasteiger partial charge in [0.15, 0.2) is 0 Å². The molecule has 0 atom stereocenters. The average molecular weight is 415 g/mol. The van der Waals surface area contributed by atoms with Crippen molar-refractivity contribution in [2.24, 2.45) is 0 Å². The van der Waals surface area contributed by atoms with Crippen molar-refractivity contribution in [3.05, 3.63) is 34.4 Å². The van der Waals surface area contributed by atoms with E-state index in [0.717, 1.165) is 5.92 Å². The Bertz CT molecular complexity index is 547. The second kappa shape index (κ2) is 13.6. The van der Waals surface area contributed by atoms with Gasteiger partial charge >= 0.3 is 0 Å². The predicted molar refractivity (Wildman–Crippen MR) is 133 cm³/mol. The van der Waals surface area contributed by atoms with E-state index in [1.165, 1.54) is 108 Å². The van der Waals surface area contributed by atoms with Gasteiger partial charge in [-0.3, -0.25) is 0 Å². The smallest absolute Gasteiger partial charge is 0.0687 e. The molecule has 0 aromatic heterocycles. The molecule has 1 N–H and O–H groups in total. The molecule has 1 aromatic rings. The molecule has 0 radical (unpaired) electrons. The van der Waals surface area contributed by atoms with E-state index in [0.29, 0.717) is 11.8 Å². The first-order valence-corrected chi connectivity index (χ1v) is 13.1. The molecule has 1 nitrogen and oxygen atoms in total. The van der Waals surface area contributed by atoms with Crippen LogP contribution in [0.2, 0.25) is 0 Å². The molecule has 0 spiro atoms. The molecule has 0 bridgehead atoms. The maximum Gasteiger partial charge on any atom is 0.0687 e. The number of hydrogen-bond donors (Lipinski definition) is 1. The average Bonchev–Trinajstić information content (AvgIpc) is 2.80. The molecule has 172 valence electrons. The van der Waals surface area contributed by atoms with Crippen LogP contribution < -0.4 is 0 Å². The van der Waals surface area contributed by atoms with Crippen LogP contribution in [0.3, 0.4) is 0 Å². The number of benzene rings is 1. The lowest BCUT2D eigenvalue weighted by atomic mass is 9.73. The molecular weight excluding hydrogens is 364 g/mol. The summed E-state index contributed by atoms with van der Waals surface area (Å²) in [4.78, 5) is 0. The van der Waals surface area contributed by atoms with Gasteiger partial charge in [0, 0.05) is 0 Å². The normalized spacial score (nSPS) is 21.4. The Kier molecular flexibility index (Phi) is 11.5. The van der Waals surface area contributed by atoms with E-state index in [9.17, 15) is 5.11 Å². The topological polar surface area (TPSA) is 20.2 Å². The molecule has 0 saturated heterocycles. The Morgan fingerprint density at radius 1 is 0.633 bits per heavy atom. The third kappa shape index (κ3) is 6.59. The van der Waals surface area contributed by atoms with Gasteiger partial charge < -0.3 is 5.11 Å². The minimum atomic E-state index is 0. The van der Waals surface area contributed by atoms with Crippen LogP contribution in [0.25, 0.3) is 0 Å². The van der Waals surface area contributed by atoms with Crippen LogP contribution in [-0.2, 0) is 6.61 Å². The summed E-state index contributed by atoms with van der Waals surface area (Å²) >= 11 is 0. The van der Waals surface area contributed by atoms with Crippen molar-refractivity contribution in [2.45, 2.75) is 148 Å². The molecule has 30 heavy (non-hydrogen) atoms. The van der Waals surface area contributed by atoms with Crippen LogP contribution in [0.1, 0.15) is 164 Å². The van der Waals surface area contributed by atoms with Crippen molar-refractivity contribution < 1.29 is 5.11 Å². The van der Waals surface area contributed by atoms with Crippen molar-refractivity contribution in [1.29, 1.82) is 0 Å². The minimum absolute atomic E-state index is 0. The minimum Gasteiger partial charge on any atom is -0.392 e. The van der Waals surface area contributed by atoms with Gasteiger partial charge in [-0.2, -0.15) is 0 Å². The van der Waals surface area contributed by atoms with Gasteiger partial charge in [-0.15, -0.1) is 0 Å². The van der Waals surface area contributed by atoms with Crippen molar-refractivity contribution in [1.82, 2.24) is 0 Å². The second-order valence-electron chi connectivity index (χ2n) is 10.0. The molecule has 3 saturated carbocycles. The van der Waals surface area contributed by atoms with E-state index in [2.05, 4.69) is 26.0 Å². The number of rotatable bonds is 4. The van der Waals surface area contributed by atoms with Crippen molar-refractivity contribution in [3.8, 4) is 0 Å². The molecule has 0 aliphatic heterocycles. The van der Waals surface area contributed by atoms with Crippen molar-refractivity contribution in [3.63, 3.8) is 0 Å². The molecule has 3 aliphatic rings. The highest BCUT2D eigenvalue weighted by molar-refractivity contribution is 5.44. The fourth-order valence-corrected chi connectivity index (χ4v) is 6.15. The summed E-state index contributed by atoms with van der Waals surface area (Å²) in [6.07, 6.45) is 21.9. The summed E-state index contributed by atoms with van der Waals surface area (Å²) in [6.45, 7) is 4.50. The van der Waals surface area contributed by atoms with Gasteiger partial charge in [0.2, 0.25) is 0 Å². The maximum atomic E-state index is 10.4. The molecule has 0 amide bonds. The van der Waals surface area contributed by atoms with Crippen molar-refractivity contribution in [2.75, 3.05) is 0 Å². The monoisotopic (exact) mass is 414 g/mol. The summed E-state index contributed by atoms with van der Waals surface area (Å²) < 4.78 is 0. The van der Waals surface area contributed by atoms with Gasteiger partial charge in [-0.05, 0) is 78.5 Å². The Morgan fingerprint density at radius 2 is 0.967 bits per heavy atom. The lowest BCUT2D eigenvalue weighted by Gasteiger charge is -2.32. The van der Waals surface area contributed by atoms with Crippen LogP contribution >= 0.6 is 0 Å². The zero-order valence-electron chi connectivity index (χ0n) is 19.4. The van der Waals surface area contributed by atoms with Gasteiger partial charge in [0.25, 0.3) is 0 Å². The van der Waals surface area contributed by atoms with Crippen LogP contribution in [0.5, 0.6) is 0 Å². The Morgan fingerprint density at radius 3 is 1.30 bits per heavy atom. The van der Waals surface area contributed by atoms with Gasteiger partial charge in [0.05, 0.1) is 6.61 Å². The zero-order valence-corrected chi connectivity index (χ0v) is 19.4. The Balaban J connectivity index is 0.000000757. The standard InChI is InChI=1S/C25H38O.C3H8.CH4/c26-18-25-23(20-12-6-2-7-13-20)16-22(19-10-4-1-5-11-19)17-24(25)21-14-8-3-9-15-21;1-3-2;/h16-17,19-21,26H,1-15,18H2;3H2,1-2H3;1H4. The largest absolute Gasteiger partial charge is 0.392 e. The summed E-state index contributed by atoms with van der Waals surface area (Å²) in [6, 6.07) is 5.12. The first-order valence-electron chi connectivity index (χ1n) is 13.1. The molecule has 1 aromatic carbocycles. The lowest BCUT2D eigenvalue weighted by molar-refractivity contribution is 0.275. The summed E-state index contributed by atoms with van der Waals surface area (Å²) in [5, 5.41) is 10.4. The third-order valence-corrected chi connectivity index (χ3v) is 7.67. The summed E-state index contributed by atoms with van der Waals surface area (Å²) in [7, 11) is 0. The van der Waals surface area contributed by atoms with Crippen LogP contribution in [0.4, 0.5) is 0 Å². The highest BCUT2D eigenvalue weighted by Crippen LogP contribution is 2.43. The molecular formula is C29H50O. The van der Waals surface area contributed by atoms with E-state index in [1.807, 2.05) is 0 Å². The molecule has 0 unspecified atom stereocenters. The fourth-order valence-electron chi connectivity index (χ4n) is 6.15. The lowest BCUT2D eigenvalue weighted by Crippen LogP contribution is -2.15. The van der Waals surface area contributed by atoms with Crippen LogP contribution in [-0.4, -0.2) is 5.11 Å². The SMILES string of the molecule is C.CCC.OCc1c(C2CCCCC2)cc(C2CCCCC2)cc1C1CCCCC1. The highest BCUT2D eigenvalue weighted by Gasteiger charge is 2.27. The maximum absolute atomic E-state index is 10.4. The van der Waals surface area contributed by atoms with Crippen LogP contribution in [0, 0.1) is 0 Å². The summed E-state index contributed by atoms with van der Waals surface area (Å²) in [5.41, 5.74) is 6.07. The first-order chi connectivity index (χ1) is 14.3. The van der Waals surface area contributed by atoms with E-state index < -0.39 is 0 Å². The molecule has 0 heterocycles. The summed E-state index contributed by atoms with van der Waals surface area (Å²) in [5.74, 6) is 2.19. The van der Waals surface area contributed by atoms with Crippen molar-refractivity contribution >= 4 is 0 Å². The number of aliphatic hydroxyl groups excluding tert-OH is 1. The quantitative estimate of drug-likeness (QED) is 0.520. The molecule has 3 aliphatic carbocycles. The Hall–Kier alpha value is -0.820. The molecule has 4 rings (SSSR count). The zero-order chi connectivity index (χ0) is 20.5. The number of aliphatic hydroxyl groups is 1. The first kappa shape index (κ1) is 25.4. The molecule has 3 fully saturated rings. The van der Waals surface area contributed by atoms with Gasteiger partial charge in [0.1, 0.15) is 0 Å². The Labute approximate surface area is 188 Å². The fraction of sp³-hybridized carbons (Fsp3) is 0.793. The van der Waals surface area contributed by atoms with Gasteiger partial charge in [-0.1, -0.05) is 97.6 Å². The second-order valence-corrected chi connectivity index (χ2v) is 10.0. The predicted octanol–water partition coefficient (Wildman–Crippen LogP) is 9.37. The van der Waals surface area contributed by atoms with E-state index in [-0.39, 0.29) is 14.0 Å².